The maximum atomic E-state index is 14.5. The third kappa shape index (κ3) is 5.03. The molecule has 3 atom stereocenters. The molecule has 210 valence electrons. The number of para-hydroxylation sites is 1. The van der Waals surface area contributed by atoms with Crippen LogP contribution in [0.25, 0.3) is 0 Å². The van der Waals surface area contributed by atoms with E-state index in [2.05, 4.69) is 20.8 Å². The molecule has 2 aromatic carbocycles. The Kier molecular flexibility index (Phi) is 7.42. The van der Waals surface area contributed by atoms with Gasteiger partial charge in [-0.2, -0.15) is 0 Å². The molecule has 0 aromatic heterocycles. The number of fused-ring (bicyclic) bond motifs is 2. The third-order valence-electron chi connectivity index (χ3n) is 9.89. The second-order valence-electron chi connectivity index (χ2n) is 12.9. The maximum Gasteiger partial charge on any atom is 0.266 e. The summed E-state index contributed by atoms with van der Waals surface area (Å²) in [6.45, 7) is 7.72. The molecule has 0 heterocycles. The van der Waals surface area contributed by atoms with Gasteiger partial charge in [0.1, 0.15) is 6.54 Å². The van der Waals surface area contributed by atoms with Gasteiger partial charge in [-0.15, -0.1) is 0 Å². The van der Waals surface area contributed by atoms with Crippen molar-refractivity contribution in [2.75, 3.05) is 11.4 Å². The molecule has 7 heteroatoms. The van der Waals surface area contributed by atoms with E-state index >= 15 is 0 Å². The fourth-order valence-corrected chi connectivity index (χ4v) is 9.22. The van der Waals surface area contributed by atoms with Crippen molar-refractivity contribution in [1.29, 1.82) is 0 Å². The normalized spacial score (nSPS) is 26.4. The van der Waals surface area contributed by atoms with Crippen LogP contribution in [-0.2, 0) is 19.6 Å². The van der Waals surface area contributed by atoms with Gasteiger partial charge in [-0.05, 0) is 80.0 Å². The number of carbonyl (C=O) groups is 2. The molecule has 0 aliphatic heterocycles. The zero-order valence-electron chi connectivity index (χ0n) is 23.7. The summed E-state index contributed by atoms with van der Waals surface area (Å²) in [7, 11) is -4.25. The predicted molar refractivity (Wildman–Crippen MR) is 154 cm³/mol. The van der Waals surface area contributed by atoms with Gasteiger partial charge < -0.3 is 4.90 Å². The van der Waals surface area contributed by atoms with Gasteiger partial charge in [0, 0.05) is 17.6 Å². The van der Waals surface area contributed by atoms with Gasteiger partial charge in [-0.25, -0.2) is 12.7 Å². The van der Waals surface area contributed by atoms with E-state index in [9.17, 15) is 18.0 Å². The monoisotopic (exact) mass is 550 g/mol. The first-order valence-corrected chi connectivity index (χ1v) is 15.9. The van der Waals surface area contributed by atoms with Crippen molar-refractivity contribution in [1.82, 2.24) is 4.31 Å². The van der Waals surface area contributed by atoms with E-state index in [4.69, 9.17) is 0 Å². The van der Waals surface area contributed by atoms with E-state index in [-0.39, 0.29) is 27.7 Å². The predicted octanol–water partition coefficient (Wildman–Crippen LogP) is 6.34. The van der Waals surface area contributed by atoms with Gasteiger partial charge >= 0.3 is 0 Å². The summed E-state index contributed by atoms with van der Waals surface area (Å²) in [5, 5.41) is 0. The summed E-state index contributed by atoms with van der Waals surface area (Å²) in [6.07, 6.45) is 7.81. The number of hydrogen-bond donors (Lipinski definition) is 0. The SMILES string of the molecule is Cc1ccc(S(=O)(=O)N(CC(=O)N(c2ccccc2)C2CCCCC2)C(=O)C2C3(C)CCC(C3)C2(C)C)cc1. The van der Waals surface area contributed by atoms with Crippen molar-refractivity contribution in [2.24, 2.45) is 22.7 Å². The zero-order valence-corrected chi connectivity index (χ0v) is 24.5. The van der Waals surface area contributed by atoms with Crippen molar-refractivity contribution < 1.29 is 18.0 Å². The molecule has 2 bridgehead atoms. The van der Waals surface area contributed by atoms with Gasteiger partial charge in [-0.1, -0.05) is 75.9 Å². The molecule has 0 N–H and O–H groups in total. The Hall–Kier alpha value is -2.67. The Morgan fingerprint density at radius 3 is 2.13 bits per heavy atom. The first-order valence-electron chi connectivity index (χ1n) is 14.5. The highest BCUT2D eigenvalue weighted by Crippen LogP contribution is 2.66. The largest absolute Gasteiger partial charge is 0.308 e. The van der Waals surface area contributed by atoms with Crippen LogP contribution in [0.15, 0.2) is 59.5 Å². The Bertz CT molecular complexity index is 1310. The van der Waals surface area contributed by atoms with Crippen LogP contribution in [0.4, 0.5) is 5.69 Å². The minimum absolute atomic E-state index is 0.0101. The van der Waals surface area contributed by atoms with E-state index in [1.54, 1.807) is 29.2 Å². The number of anilines is 1. The molecule has 0 radical (unpaired) electrons. The summed E-state index contributed by atoms with van der Waals surface area (Å²) in [5.41, 5.74) is 1.08. The van der Waals surface area contributed by atoms with Crippen LogP contribution >= 0.6 is 0 Å². The number of sulfonamides is 1. The quantitative estimate of drug-likeness (QED) is 0.403. The lowest BCUT2D eigenvalue weighted by atomic mass is 9.63. The second kappa shape index (κ2) is 10.4. The van der Waals surface area contributed by atoms with Gasteiger partial charge in [-0.3, -0.25) is 9.59 Å². The van der Waals surface area contributed by atoms with E-state index < -0.39 is 28.4 Å². The molecule has 3 aliphatic rings. The minimum Gasteiger partial charge on any atom is -0.308 e. The average molecular weight is 551 g/mol. The lowest BCUT2D eigenvalue weighted by Crippen LogP contribution is -2.54. The molecule has 6 nitrogen and oxygen atoms in total. The fourth-order valence-electron chi connectivity index (χ4n) is 7.87. The Balaban J connectivity index is 1.55. The summed E-state index contributed by atoms with van der Waals surface area (Å²) < 4.78 is 29.3. The molecule has 3 fully saturated rings. The van der Waals surface area contributed by atoms with E-state index in [0.717, 1.165) is 66.9 Å². The van der Waals surface area contributed by atoms with Gasteiger partial charge in [0.15, 0.2) is 0 Å². The Labute approximate surface area is 233 Å². The molecule has 5 rings (SSSR count). The summed E-state index contributed by atoms with van der Waals surface area (Å²) in [4.78, 5) is 30.5. The van der Waals surface area contributed by atoms with Crippen molar-refractivity contribution >= 4 is 27.5 Å². The number of aryl methyl sites for hydroxylation is 1. The maximum absolute atomic E-state index is 14.5. The van der Waals surface area contributed by atoms with Crippen LogP contribution in [0, 0.1) is 29.6 Å². The number of hydrogen-bond acceptors (Lipinski definition) is 4. The standard InChI is InChI=1S/C32H42N2O4S/c1-23-15-17-27(18-16-23)39(37,38)33(30(36)29-31(2,3)24-19-20-32(29,4)21-24)22-28(35)34(25-11-7-5-8-12-25)26-13-9-6-10-14-26/h5,7-8,11-12,15-18,24,26,29H,6,9-10,13-14,19-22H2,1-4H3. The van der Waals surface area contributed by atoms with Crippen molar-refractivity contribution in [3.8, 4) is 0 Å². The van der Waals surface area contributed by atoms with Gasteiger partial charge in [0.25, 0.3) is 10.0 Å². The van der Waals surface area contributed by atoms with Crippen LogP contribution < -0.4 is 4.90 Å². The number of rotatable bonds is 7. The van der Waals surface area contributed by atoms with Crippen LogP contribution in [0.5, 0.6) is 0 Å². The van der Waals surface area contributed by atoms with Crippen LogP contribution in [-0.4, -0.2) is 37.1 Å². The summed E-state index contributed by atoms with van der Waals surface area (Å²) in [6, 6.07) is 16.0. The Morgan fingerprint density at radius 1 is 0.897 bits per heavy atom. The van der Waals surface area contributed by atoms with E-state index in [1.807, 2.05) is 37.3 Å². The molecule has 3 unspecified atom stereocenters. The van der Waals surface area contributed by atoms with E-state index in [0.29, 0.717) is 5.92 Å². The highest BCUT2D eigenvalue weighted by Gasteiger charge is 2.63. The molecule has 39 heavy (non-hydrogen) atoms. The lowest BCUT2D eigenvalue weighted by Gasteiger charge is -2.43. The topological polar surface area (TPSA) is 74.8 Å². The van der Waals surface area contributed by atoms with Crippen LogP contribution in [0.3, 0.4) is 0 Å². The second-order valence-corrected chi connectivity index (χ2v) is 14.8. The highest BCUT2D eigenvalue weighted by molar-refractivity contribution is 7.89. The number of carbonyl (C=O) groups excluding carboxylic acids is 2. The summed E-state index contributed by atoms with van der Waals surface area (Å²) >= 11 is 0. The van der Waals surface area contributed by atoms with Gasteiger partial charge in [0.05, 0.1) is 4.90 Å². The number of benzene rings is 2. The molecule has 0 spiro atoms. The molecule has 3 saturated carbocycles. The molecule has 3 aliphatic carbocycles. The van der Waals surface area contributed by atoms with Crippen molar-refractivity contribution in [2.45, 2.75) is 90.0 Å². The zero-order chi connectivity index (χ0) is 28.0. The molecule has 2 aromatic rings. The Morgan fingerprint density at radius 2 is 1.54 bits per heavy atom. The molecule has 2 amide bonds. The first-order chi connectivity index (χ1) is 18.4. The number of nitrogens with zero attached hydrogens (tertiary/aromatic N) is 2. The van der Waals surface area contributed by atoms with E-state index in [1.165, 1.54) is 0 Å². The van der Waals surface area contributed by atoms with Gasteiger partial charge in [0.2, 0.25) is 11.8 Å². The molecule has 0 saturated heterocycles. The highest BCUT2D eigenvalue weighted by atomic mass is 32.2. The summed E-state index contributed by atoms with van der Waals surface area (Å²) in [5.74, 6) is -0.866. The van der Waals surface area contributed by atoms with Crippen molar-refractivity contribution in [3.05, 3.63) is 60.2 Å². The minimum atomic E-state index is -4.25. The smallest absolute Gasteiger partial charge is 0.266 e. The third-order valence-corrected chi connectivity index (χ3v) is 11.7. The molecular formula is C32H42N2O4S. The molecular weight excluding hydrogens is 508 g/mol. The first kappa shape index (κ1) is 27.9. The number of amides is 2. The lowest BCUT2D eigenvalue weighted by molar-refractivity contribution is -0.141. The average Bonchev–Trinajstić information content (AvgIpc) is 3.40. The fraction of sp³-hybridized carbons (Fsp3) is 0.562. The van der Waals surface area contributed by atoms with Crippen molar-refractivity contribution in [3.63, 3.8) is 0 Å². The van der Waals surface area contributed by atoms with Crippen LogP contribution in [0.1, 0.15) is 77.7 Å². The van der Waals surface area contributed by atoms with Crippen LogP contribution in [0.2, 0.25) is 0 Å².